The fraction of sp³-hybridized carbons (Fsp3) is 0.379. The first-order chi connectivity index (χ1) is 19.1. The summed E-state index contributed by atoms with van der Waals surface area (Å²) < 4.78 is 12.4. The third kappa shape index (κ3) is 4.15. The molecule has 2 bridgehead atoms. The number of hydrogen-bond donors (Lipinski definition) is 0. The number of aromatic nitrogens is 4. The number of methoxy groups -OCH3 is 2. The molecule has 2 atom stereocenters. The molecule has 198 valence electrons. The minimum Gasteiger partial charge on any atom is -0.481 e. The summed E-state index contributed by atoms with van der Waals surface area (Å²) in [6.45, 7) is 4.52. The molecule has 4 aliphatic heterocycles. The van der Waals surface area contributed by atoms with E-state index in [-0.39, 0.29) is 6.10 Å². The molecule has 4 saturated heterocycles. The number of nitrogens with zero attached hydrogens (tertiary/aromatic N) is 8. The summed E-state index contributed by atoms with van der Waals surface area (Å²) in [4.78, 5) is 16.5. The molecule has 10 heteroatoms. The van der Waals surface area contributed by atoms with E-state index in [1.165, 1.54) is 12.0 Å². The molecule has 10 nitrogen and oxygen atoms in total. The number of pyridine rings is 3. The summed E-state index contributed by atoms with van der Waals surface area (Å²) in [5.41, 5.74) is 5.57. The molecule has 4 aromatic heterocycles. The molecule has 4 fully saturated rings. The zero-order valence-electron chi connectivity index (χ0n) is 22.1. The Morgan fingerprint density at radius 2 is 1.82 bits per heavy atom. The Labute approximate surface area is 227 Å². The van der Waals surface area contributed by atoms with Gasteiger partial charge in [-0.05, 0) is 30.2 Å². The molecule has 4 aromatic rings. The van der Waals surface area contributed by atoms with Gasteiger partial charge in [-0.1, -0.05) is 6.07 Å². The second-order valence-corrected chi connectivity index (χ2v) is 10.6. The number of nitriles is 1. The number of hydrogen-bond acceptors (Lipinski definition) is 9. The lowest BCUT2D eigenvalue weighted by atomic mass is 9.87. The van der Waals surface area contributed by atoms with Crippen LogP contribution in [0.15, 0.2) is 55.1 Å². The van der Waals surface area contributed by atoms with Crippen LogP contribution >= 0.6 is 0 Å². The van der Waals surface area contributed by atoms with Gasteiger partial charge in [0.15, 0.2) is 0 Å². The predicted octanol–water partition coefficient (Wildman–Crippen LogP) is 2.97. The highest BCUT2D eigenvalue weighted by Gasteiger charge is 2.44. The summed E-state index contributed by atoms with van der Waals surface area (Å²) in [5.74, 6) is 1.64. The van der Waals surface area contributed by atoms with Crippen LogP contribution in [0, 0.1) is 11.3 Å². The van der Waals surface area contributed by atoms with Crippen molar-refractivity contribution in [3.05, 3.63) is 66.2 Å². The van der Waals surface area contributed by atoms with E-state index in [0.717, 1.165) is 60.9 Å². The zero-order valence-corrected chi connectivity index (χ0v) is 22.1. The van der Waals surface area contributed by atoms with Crippen molar-refractivity contribution in [1.82, 2.24) is 24.5 Å². The number of piperidine rings is 1. The molecule has 4 aliphatic rings. The summed E-state index contributed by atoms with van der Waals surface area (Å²) in [5, 5.41) is 14.2. The van der Waals surface area contributed by atoms with Crippen LogP contribution < -0.4 is 14.5 Å². The number of fused-ring (bicyclic) bond motifs is 3. The van der Waals surface area contributed by atoms with E-state index in [2.05, 4.69) is 55.1 Å². The van der Waals surface area contributed by atoms with Crippen LogP contribution in [0.3, 0.4) is 0 Å². The number of anilines is 2. The standard InChI is InChI=1S/C29H30N8O2/c1-38-25-17-34(18-25)22-8-26(29-21(9-30)12-33-37(29)16-22)20-4-5-27(31-11-20)35-14-23-7-24(15-35)36(23)13-19-3-6-28(39-2)32-10-19/h3-6,8,10-12,16,23-25H,7,13-15,17-18H2,1-2H3. The van der Waals surface area contributed by atoms with Crippen LogP contribution in [0.25, 0.3) is 16.6 Å². The Morgan fingerprint density at radius 3 is 2.49 bits per heavy atom. The predicted molar refractivity (Wildman–Crippen MR) is 147 cm³/mol. The Kier molecular flexibility index (Phi) is 5.83. The number of piperazine rings is 1. The molecule has 0 saturated carbocycles. The Balaban J connectivity index is 1.09. The quantitative estimate of drug-likeness (QED) is 0.363. The number of rotatable bonds is 7. The van der Waals surface area contributed by atoms with Crippen molar-refractivity contribution in [2.24, 2.45) is 0 Å². The van der Waals surface area contributed by atoms with Gasteiger partial charge < -0.3 is 19.3 Å². The first-order valence-electron chi connectivity index (χ1n) is 13.3. The van der Waals surface area contributed by atoms with E-state index in [1.54, 1.807) is 20.4 Å². The van der Waals surface area contributed by atoms with Crippen LogP contribution in [0.1, 0.15) is 17.5 Å². The summed E-state index contributed by atoms with van der Waals surface area (Å²) in [6.07, 6.45) is 8.93. The molecule has 0 spiro atoms. The molecule has 0 aliphatic carbocycles. The molecule has 2 unspecified atom stereocenters. The lowest BCUT2D eigenvalue weighted by Gasteiger charge is -2.56. The van der Waals surface area contributed by atoms with E-state index in [9.17, 15) is 5.26 Å². The van der Waals surface area contributed by atoms with Gasteiger partial charge in [0.2, 0.25) is 5.88 Å². The van der Waals surface area contributed by atoms with E-state index in [0.29, 0.717) is 23.5 Å². The number of ether oxygens (including phenoxy) is 2. The molecule has 8 rings (SSSR count). The maximum absolute atomic E-state index is 9.71. The first kappa shape index (κ1) is 23.9. The fourth-order valence-electron chi connectivity index (χ4n) is 6.08. The highest BCUT2D eigenvalue weighted by atomic mass is 16.5. The van der Waals surface area contributed by atoms with Crippen molar-refractivity contribution in [1.29, 1.82) is 5.26 Å². The second kappa shape index (κ2) is 9.52. The maximum atomic E-state index is 9.71. The van der Waals surface area contributed by atoms with Crippen molar-refractivity contribution in [3.8, 4) is 23.1 Å². The molecule has 0 amide bonds. The van der Waals surface area contributed by atoms with Crippen molar-refractivity contribution < 1.29 is 9.47 Å². The fourth-order valence-corrected chi connectivity index (χ4v) is 6.08. The molecule has 8 heterocycles. The largest absolute Gasteiger partial charge is 0.481 e. The van der Waals surface area contributed by atoms with E-state index in [4.69, 9.17) is 14.5 Å². The normalized spacial score (nSPS) is 20.9. The van der Waals surface area contributed by atoms with Crippen molar-refractivity contribution >= 4 is 17.0 Å². The van der Waals surface area contributed by atoms with Crippen LogP contribution in [-0.4, -0.2) is 83.1 Å². The second-order valence-electron chi connectivity index (χ2n) is 10.6. The molecular weight excluding hydrogens is 492 g/mol. The zero-order chi connectivity index (χ0) is 26.5. The Hall–Kier alpha value is -4.20. The monoisotopic (exact) mass is 522 g/mol. The van der Waals surface area contributed by atoms with Gasteiger partial charge in [0.05, 0.1) is 42.4 Å². The SMILES string of the molecule is COc1ccc(CN2C3CC2CN(c2ccc(-c4cc(N5CC(OC)C5)cn5ncc(C#N)c45)cn2)C3)cn1. The topological polar surface area (TPSA) is 95.1 Å². The van der Waals surface area contributed by atoms with Gasteiger partial charge in [-0.2, -0.15) is 10.4 Å². The van der Waals surface area contributed by atoms with Crippen molar-refractivity contribution in [3.63, 3.8) is 0 Å². The average Bonchev–Trinajstić information content (AvgIpc) is 3.38. The van der Waals surface area contributed by atoms with Gasteiger partial charge in [-0.3, -0.25) is 4.90 Å². The lowest BCUT2D eigenvalue weighted by Crippen LogP contribution is -2.68. The molecule has 0 radical (unpaired) electrons. The maximum Gasteiger partial charge on any atom is 0.212 e. The molecular formula is C29H30N8O2. The molecule has 39 heavy (non-hydrogen) atoms. The Bertz CT molecular complexity index is 1530. The van der Waals surface area contributed by atoms with Gasteiger partial charge in [0, 0.05) is 81.5 Å². The summed E-state index contributed by atoms with van der Waals surface area (Å²) in [6, 6.07) is 13.7. The van der Waals surface area contributed by atoms with Crippen LogP contribution in [0.5, 0.6) is 5.88 Å². The molecule has 0 aromatic carbocycles. The van der Waals surface area contributed by atoms with Crippen molar-refractivity contribution in [2.75, 3.05) is 50.2 Å². The van der Waals surface area contributed by atoms with Gasteiger partial charge >= 0.3 is 0 Å². The van der Waals surface area contributed by atoms with Gasteiger partial charge in [0.1, 0.15) is 11.9 Å². The van der Waals surface area contributed by atoms with E-state index < -0.39 is 0 Å². The minimum atomic E-state index is 0.247. The van der Waals surface area contributed by atoms with E-state index >= 15 is 0 Å². The minimum absolute atomic E-state index is 0.247. The van der Waals surface area contributed by atoms with Crippen LogP contribution in [-0.2, 0) is 11.3 Å². The van der Waals surface area contributed by atoms with Gasteiger partial charge in [-0.25, -0.2) is 14.5 Å². The Morgan fingerprint density at radius 1 is 0.974 bits per heavy atom. The lowest BCUT2D eigenvalue weighted by molar-refractivity contribution is -0.00876. The highest BCUT2D eigenvalue weighted by Crippen LogP contribution is 2.37. The van der Waals surface area contributed by atoms with Gasteiger partial charge in [-0.15, -0.1) is 0 Å². The molecule has 0 N–H and O–H groups in total. The van der Waals surface area contributed by atoms with Gasteiger partial charge in [0.25, 0.3) is 0 Å². The summed E-state index contributed by atoms with van der Waals surface area (Å²) >= 11 is 0. The average molecular weight is 523 g/mol. The first-order valence-corrected chi connectivity index (χ1v) is 13.3. The third-order valence-corrected chi connectivity index (χ3v) is 8.36. The third-order valence-electron chi connectivity index (χ3n) is 8.36. The van der Waals surface area contributed by atoms with Crippen LogP contribution in [0.2, 0.25) is 0 Å². The summed E-state index contributed by atoms with van der Waals surface area (Å²) in [7, 11) is 3.39. The smallest absolute Gasteiger partial charge is 0.212 e. The van der Waals surface area contributed by atoms with Crippen LogP contribution in [0.4, 0.5) is 11.5 Å². The van der Waals surface area contributed by atoms with Crippen molar-refractivity contribution in [2.45, 2.75) is 31.2 Å². The van der Waals surface area contributed by atoms with E-state index in [1.807, 2.05) is 29.2 Å². The highest BCUT2D eigenvalue weighted by molar-refractivity contribution is 5.86.